The summed E-state index contributed by atoms with van der Waals surface area (Å²) >= 11 is 0. The SMILES string of the molecule is CCOc1cc2c(cc1OCC)C(=O)/C(=C\C1CCN(Cc3ccccc3)CC1)C2. The van der Waals surface area contributed by atoms with E-state index in [2.05, 4.69) is 41.3 Å². The van der Waals surface area contributed by atoms with Gasteiger partial charge in [0.25, 0.3) is 0 Å². The van der Waals surface area contributed by atoms with E-state index < -0.39 is 0 Å². The maximum Gasteiger partial charge on any atom is 0.189 e. The van der Waals surface area contributed by atoms with Crippen LogP contribution in [0.25, 0.3) is 0 Å². The van der Waals surface area contributed by atoms with Gasteiger partial charge in [0.1, 0.15) is 0 Å². The van der Waals surface area contributed by atoms with Gasteiger partial charge in [-0.05, 0) is 69.0 Å². The second kappa shape index (κ2) is 9.48. The summed E-state index contributed by atoms with van der Waals surface area (Å²) in [4.78, 5) is 15.5. The van der Waals surface area contributed by atoms with E-state index in [-0.39, 0.29) is 5.78 Å². The summed E-state index contributed by atoms with van der Waals surface area (Å²) in [6.07, 6.45) is 5.15. The summed E-state index contributed by atoms with van der Waals surface area (Å²) in [5.74, 6) is 2.03. The van der Waals surface area contributed by atoms with E-state index in [0.29, 0.717) is 31.3 Å². The first-order valence-corrected chi connectivity index (χ1v) is 11.1. The van der Waals surface area contributed by atoms with Crippen molar-refractivity contribution in [2.75, 3.05) is 26.3 Å². The van der Waals surface area contributed by atoms with Crippen molar-refractivity contribution in [1.29, 1.82) is 0 Å². The normalized spacial score (nSPS) is 18.6. The van der Waals surface area contributed by atoms with Crippen LogP contribution in [0, 0.1) is 5.92 Å². The van der Waals surface area contributed by atoms with Crippen molar-refractivity contribution >= 4 is 5.78 Å². The standard InChI is InChI=1S/C26H31NO3/c1-3-29-24-16-21-15-22(26(28)23(21)17-25(24)30-4-2)14-19-10-12-27(13-11-19)18-20-8-6-5-7-9-20/h5-9,14,16-17,19H,3-4,10-13,15,18H2,1-2H3/b22-14-. The van der Waals surface area contributed by atoms with Crippen LogP contribution in [0.3, 0.4) is 0 Å². The van der Waals surface area contributed by atoms with Crippen LogP contribution in [0.4, 0.5) is 0 Å². The summed E-state index contributed by atoms with van der Waals surface area (Å²) in [5, 5.41) is 0. The van der Waals surface area contributed by atoms with Gasteiger partial charge >= 0.3 is 0 Å². The van der Waals surface area contributed by atoms with Gasteiger partial charge in [-0.15, -0.1) is 0 Å². The third-order valence-corrected chi connectivity index (χ3v) is 6.00. The Balaban J connectivity index is 1.41. The molecule has 4 nitrogen and oxygen atoms in total. The zero-order valence-electron chi connectivity index (χ0n) is 18.0. The molecule has 2 aromatic rings. The number of hydrogen-bond acceptors (Lipinski definition) is 4. The Hall–Kier alpha value is -2.59. The van der Waals surface area contributed by atoms with Crippen LogP contribution < -0.4 is 9.47 Å². The van der Waals surface area contributed by atoms with Crippen molar-refractivity contribution in [2.45, 2.75) is 39.7 Å². The fourth-order valence-electron chi connectivity index (χ4n) is 4.49. The minimum Gasteiger partial charge on any atom is -0.490 e. The van der Waals surface area contributed by atoms with Crippen LogP contribution in [0.1, 0.15) is 48.2 Å². The number of nitrogens with zero attached hydrogens (tertiary/aromatic N) is 1. The summed E-state index contributed by atoms with van der Waals surface area (Å²) in [5.41, 5.74) is 4.13. The second-order valence-electron chi connectivity index (χ2n) is 8.12. The highest BCUT2D eigenvalue weighted by molar-refractivity contribution is 6.13. The van der Waals surface area contributed by atoms with Crippen molar-refractivity contribution in [3.05, 3.63) is 70.8 Å². The van der Waals surface area contributed by atoms with Gasteiger partial charge in [0.05, 0.1) is 13.2 Å². The first-order valence-electron chi connectivity index (χ1n) is 11.1. The zero-order valence-corrected chi connectivity index (χ0v) is 18.0. The smallest absolute Gasteiger partial charge is 0.189 e. The molecule has 158 valence electrons. The third kappa shape index (κ3) is 4.59. The van der Waals surface area contributed by atoms with Crippen LogP contribution in [0.5, 0.6) is 11.5 Å². The zero-order chi connectivity index (χ0) is 20.9. The quantitative estimate of drug-likeness (QED) is 0.604. The van der Waals surface area contributed by atoms with Crippen molar-refractivity contribution in [1.82, 2.24) is 4.90 Å². The number of rotatable bonds is 7. The first kappa shape index (κ1) is 20.7. The monoisotopic (exact) mass is 405 g/mol. The molecule has 0 aromatic heterocycles. The number of likely N-dealkylation sites (tertiary alicyclic amines) is 1. The molecule has 2 aromatic carbocycles. The van der Waals surface area contributed by atoms with Gasteiger partial charge in [-0.1, -0.05) is 36.4 Å². The predicted molar refractivity (Wildman–Crippen MR) is 119 cm³/mol. The molecule has 1 saturated heterocycles. The van der Waals surface area contributed by atoms with Gasteiger partial charge in [-0.3, -0.25) is 9.69 Å². The lowest BCUT2D eigenvalue weighted by Gasteiger charge is -2.30. The topological polar surface area (TPSA) is 38.8 Å². The van der Waals surface area contributed by atoms with Crippen LogP contribution in [-0.2, 0) is 13.0 Å². The summed E-state index contributed by atoms with van der Waals surface area (Å²) < 4.78 is 11.4. The molecule has 0 unspecified atom stereocenters. The average molecular weight is 406 g/mol. The minimum atomic E-state index is 0.153. The van der Waals surface area contributed by atoms with Crippen LogP contribution >= 0.6 is 0 Å². The van der Waals surface area contributed by atoms with Gasteiger partial charge in [-0.2, -0.15) is 0 Å². The van der Waals surface area contributed by atoms with E-state index in [1.165, 1.54) is 5.56 Å². The molecule has 1 aliphatic carbocycles. The Labute approximate surface area is 179 Å². The Kier molecular flexibility index (Phi) is 6.53. The van der Waals surface area contributed by atoms with E-state index in [1.54, 1.807) is 0 Å². The molecule has 0 saturated carbocycles. The molecule has 0 radical (unpaired) electrons. The maximum absolute atomic E-state index is 13.0. The number of Topliss-reactive ketones (excluding diaryl/α,β-unsaturated/α-hetero) is 1. The number of hydrogen-bond donors (Lipinski definition) is 0. The molecule has 0 N–H and O–H groups in total. The Morgan fingerprint density at radius 1 is 1.00 bits per heavy atom. The molecule has 1 fully saturated rings. The lowest BCUT2D eigenvalue weighted by Crippen LogP contribution is -2.32. The molecule has 30 heavy (non-hydrogen) atoms. The molecular formula is C26H31NO3. The number of piperidine rings is 1. The van der Waals surface area contributed by atoms with Gasteiger partial charge in [0.15, 0.2) is 17.3 Å². The molecule has 1 aliphatic heterocycles. The molecule has 4 rings (SSSR count). The molecule has 1 heterocycles. The van der Waals surface area contributed by atoms with Crippen molar-refractivity contribution < 1.29 is 14.3 Å². The van der Waals surface area contributed by atoms with Gasteiger partial charge in [0.2, 0.25) is 0 Å². The first-order chi connectivity index (χ1) is 14.7. The third-order valence-electron chi connectivity index (χ3n) is 6.00. The molecule has 0 spiro atoms. The number of ketones is 1. The van der Waals surface area contributed by atoms with Gasteiger partial charge in [0, 0.05) is 24.1 Å². The maximum atomic E-state index is 13.0. The lowest BCUT2D eigenvalue weighted by atomic mass is 9.93. The second-order valence-corrected chi connectivity index (χ2v) is 8.12. The summed E-state index contributed by atoms with van der Waals surface area (Å²) in [7, 11) is 0. The van der Waals surface area contributed by atoms with E-state index in [0.717, 1.165) is 54.9 Å². The minimum absolute atomic E-state index is 0.153. The Bertz CT molecular complexity index is 911. The molecule has 2 aliphatic rings. The molecule has 0 atom stereocenters. The number of benzene rings is 2. The largest absolute Gasteiger partial charge is 0.490 e. The summed E-state index contributed by atoms with van der Waals surface area (Å²) in [6.45, 7) is 8.20. The number of ether oxygens (including phenoxy) is 2. The molecule has 0 amide bonds. The van der Waals surface area contributed by atoms with Crippen molar-refractivity contribution in [3.63, 3.8) is 0 Å². The fraction of sp³-hybridized carbons (Fsp3) is 0.423. The number of fused-ring (bicyclic) bond motifs is 1. The van der Waals surface area contributed by atoms with E-state index in [1.807, 2.05) is 26.0 Å². The number of allylic oxidation sites excluding steroid dienone is 2. The highest BCUT2D eigenvalue weighted by Crippen LogP contribution is 2.37. The van der Waals surface area contributed by atoms with Crippen LogP contribution in [0.2, 0.25) is 0 Å². The van der Waals surface area contributed by atoms with Crippen molar-refractivity contribution in [2.24, 2.45) is 5.92 Å². The molecular weight excluding hydrogens is 374 g/mol. The summed E-state index contributed by atoms with van der Waals surface area (Å²) in [6, 6.07) is 14.5. The number of carbonyl (C=O) groups is 1. The van der Waals surface area contributed by atoms with Gasteiger partial charge < -0.3 is 9.47 Å². The van der Waals surface area contributed by atoms with E-state index in [4.69, 9.17) is 9.47 Å². The van der Waals surface area contributed by atoms with Crippen molar-refractivity contribution in [3.8, 4) is 11.5 Å². The fourth-order valence-corrected chi connectivity index (χ4v) is 4.49. The van der Waals surface area contributed by atoms with Gasteiger partial charge in [-0.25, -0.2) is 0 Å². The Morgan fingerprint density at radius 3 is 2.33 bits per heavy atom. The van der Waals surface area contributed by atoms with E-state index >= 15 is 0 Å². The average Bonchev–Trinajstić information content (AvgIpc) is 3.05. The predicted octanol–water partition coefficient (Wildman–Crippen LogP) is 5.06. The van der Waals surface area contributed by atoms with Crippen LogP contribution in [0.15, 0.2) is 54.1 Å². The highest BCUT2D eigenvalue weighted by Gasteiger charge is 2.29. The number of carbonyl (C=O) groups excluding carboxylic acids is 1. The lowest BCUT2D eigenvalue weighted by molar-refractivity contribution is 0.103. The molecule has 4 heteroatoms. The molecule has 0 bridgehead atoms. The Morgan fingerprint density at radius 2 is 1.67 bits per heavy atom. The van der Waals surface area contributed by atoms with E-state index in [9.17, 15) is 4.79 Å². The highest BCUT2D eigenvalue weighted by atomic mass is 16.5. The van der Waals surface area contributed by atoms with Crippen LogP contribution in [-0.4, -0.2) is 37.0 Å².